The lowest BCUT2D eigenvalue weighted by Gasteiger charge is -2.57. The fourth-order valence-electron chi connectivity index (χ4n) is 4.34. The van der Waals surface area contributed by atoms with E-state index in [1.54, 1.807) is 0 Å². The topological polar surface area (TPSA) is 23.6 Å². The molecule has 0 bridgehead atoms. The number of β-lactam (4-membered cyclic amide) rings is 1. The Morgan fingerprint density at radius 3 is 1.55 bits per heavy atom. The fourth-order valence-corrected chi connectivity index (χ4v) is 4.34. The van der Waals surface area contributed by atoms with Gasteiger partial charge in [0.15, 0.2) is 0 Å². The second-order valence-corrected chi connectivity index (χ2v) is 8.34. The molecule has 0 spiro atoms. The van der Waals surface area contributed by atoms with Crippen molar-refractivity contribution < 1.29 is 4.79 Å². The van der Waals surface area contributed by atoms with E-state index in [1.165, 1.54) is 16.7 Å². The van der Waals surface area contributed by atoms with Gasteiger partial charge in [-0.3, -0.25) is 9.69 Å². The van der Waals surface area contributed by atoms with Crippen LogP contribution >= 0.6 is 0 Å². The van der Waals surface area contributed by atoms with Crippen LogP contribution in [-0.4, -0.2) is 27.3 Å². The van der Waals surface area contributed by atoms with Crippen LogP contribution in [0.3, 0.4) is 0 Å². The molecule has 1 aliphatic heterocycles. The van der Waals surface area contributed by atoms with Crippen molar-refractivity contribution in [3.8, 4) is 0 Å². The summed E-state index contributed by atoms with van der Waals surface area (Å²) in [5, 5.41) is 0. The van der Waals surface area contributed by atoms with Gasteiger partial charge in [0, 0.05) is 19.6 Å². The molecular weight excluding hydrogens is 356 g/mol. The predicted molar refractivity (Wildman–Crippen MR) is 117 cm³/mol. The number of nitrogens with zero attached hydrogens (tertiary/aromatic N) is 2. The van der Waals surface area contributed by atoms with Crippen LogP contribution in [0.15, 0.2) is 91.0 Å². The van der Waals surface area contributed by atoms with Crippen molar-refractivity contribution in [3.63, 3.8) is 0 Å². The molecule has 3 heteroatoms. The Labute approximate surface area is 173 Å². The highest BCUT2D eigenvalue weighted by molar-refractivity contribution is 5.91. The summed E-state index contributed by atoms with van der Waals surface area (Å²) in [7, 11) is 0. The molecule has 1 amide bonds. The SMILES string of the molecule is CC1(C)C(N(Cc2ccccc2)Cc2ccccc2)C(=O)N1Cc1ccccc1. The summed E-state index contributed by atoms with van der Waals surface area (Å²) in [6.45, 7) is 6.55. The quantitative estimate of drug-likeness (QED) is 0.542. The van der Waals surface area contributed by atoms with Gasteiger partial charge in [0.25, 0.3) is 0 Å². The van der Waals surface area contributed by atoms with E-state index in [1.807, 2.05) is 35.2 Å². The molecule has 0 N–H and O–H groups in total. The third-order valence-electron chi connectivity index (χ3n) is 5.87. The van der Waals surface area contributed by atoms with Gasteiger partial charge in [0.1, 0.15) is 6.04 Å². The second kappa shape index (κ2) is 8.22. The monoisotopic (exact) mass is 384 g/mol. The van der Waals surface area contributed by atoms with Crippen LogP contribution in [0.25, 0.3) is 0 Å². The summed E-state index contributed by atoms with van der Waals surface area (Å²) in [6.07, 6.45) is 0. The third kappa shape index (κ3) is 4.10. The van der Waals surface area contributed by atoms with Crippen molar-refractivity contribution in [1.29, 1.82) is 0 Å². The van der Waals surface area contributed by atoms with Gasteiger partial charge in [0.2, 0.25) is 5.91 Å². The van der Waals surface area contributed by atoms with E-state index in [-0.39, 0.29) is 17.5 Å². The zero-order valence-corrected chi connectivity index (χ0v) is 17.2. The summed E-state index contributed by atoms with van der Waals surface area (Å²) in [5.74, 6) is 0.214. The first kappa shape index (κ1) is 19.4. The zero-order valence-electron chi connectivity index (χ0n) is 17.2. The third-order valence-corrected chi connectivity index (χ3v) is 5.87. The van der Waals surface area contributed by atoms with Crippen LogP contribution < -0.4 is 0 Å². The molecule has 1 fully saturated rings. The Balaban J connectivity index is 1.57. The first-order chi connectivity index (χ1) is 14.1. The van der Waals surface area contributed by atoms with E-state index in [9.17, 15) is 4.79 Å². The van der Waals surface area contributed by atoms with Crippen LogP contribution in [0.2, 0.25) is 0 Å². The van der Waals surface area contributed by atoms with Crippen LogP contribution in [0.5, 0.6) is 0 Å². The fraction of sp³-hybridized carbons (Fsp3) is 0.269. The Kier molecular flexibility index (Phi) is 5.50. The van der Waals surface area contributed by atoms with Crippen molar-refractivity contribution in [3.05, 3.63) is 108 Å². The van der Waals surface area contributed by atoms with Crippen molar-refractivity contribution in [2.75, 3.05) is 0 Å². The van der Waals surface area contributed by atoms with Gasteiger partial charge < -0.3 is 4.90 Å². The van der Waals surface area contributed by atoms with Crippen molar-refractivity contribution in [1.82, 2.24) is 9.80 Å². The molecule has 29 heavy (non-hydrogen) atoms. The highest BCUT2D eigenvalue weighted by Gasteiger charge is 2.56. The summed E-state index contributed by atoms with van der Waals surface area (Å²) in [5.41, 5.74) is 3.41. The van der Waals surface area contributed by atoms with Gasteiger partial charge in [-0.05, 0) is 30.5 Å². The van der Waals surface area contributed by atoms with Crippen LogP contribution in [0, 0.1) is 0 Å². The van der Waals surface area contributed by atoms with Crippen LogP contribution in [0.1, 0.15) is 30.5 Å². The van der Waals surface area contributed by atoms with E-state index in [0.29, 0.717) is 6.54 Å². The van der Waals surface area contributed by atoms with Crippen molar-refractivity contribution in [2.24, 2.45) is 0 Å². The minimum Gasteiger partial charge on any atom is -0.330 e. The van der Waals surface area contributed by atoms with Gasteiger partial charge in [-0.1, -0.05) is 91.0 Å². The minimum absolute atomic E-state index is 0.133. The maximum absolute atomic E-state index is 13.3. The Morgan fingerprint density at radius 1 is 0.724 bits per heavy atom. The molecule has 0 aromatic heterocycles. The summed E-state index contributed by atoms with van der Waals surface area (Å²) >= 11 is 0. The highest BCUT2D eigenvalue weighted by atomic mass is 16.2. The largest absolute Gasteiger partial charge is 0.330 e. The molecule has 1 heterocycles. The first-order valence-corrected chi connectivity index (χ1v) is 10.2. The predicted octanol–water partition coefficient (Wildman–Crippen LogP) is 4.88. The Hall–Kier alpha value is -2.91. The van der Waals surface area contributed by atoms with Crippen molar-refractivity contribution in [2.45, 2.75) is 45.1 Å². The number of benzene rings is 3. The summed E-state index contributed by atoms with van der Waals surface area (Å²) < 4.78 is 0. The van der Waals surface area contributed by atoms with E-state index in [2.05, 4.69) is 79.4 Å². The average molecular weight is 385 g/mol. The number of hydrogen-bond donors (Lipinski definition) is 0. The molecular formula is C26H28N2O. The smallest absolute Gasteiger partial charge is 0.243 e. The summed E-state index contributed by atoms with van der Waals surface area (Å²) in [6, 6.07) is 31.0. The average Bonchev–Trinajstić information content (AvgIpc) is 2.74. The highest BCUT2D eigenvalue weighted by Crippen LogP contribution is 2.38. The molecule has 1 atom stereocenters. The van der Waals surface area contributed by atoms with E-state index >= 15 is 0 Å². The number of hydrogen-bond acceptors (Lipinski definition) is 2. The lowest BCUT2D eigenvalue weighted by atomic mass is 9.80. The zero-order chi connectivity index (χ0) is 20.3. The molecule has 0 aliphatic carbocycles. The van der Waals surface area contributed by atoms with Gasteiger partial charge in [-0.2, -0.15) is 0 Å². The number of amides is 1. The molecule has 0 saturated carbocycles. The lowest BCUT2D eigenvalue weighted by molar-refractivity contribution is -0.174. The number of carbonyl (C=O) groups excluding carboxylic acids is 1. The Morgan fingerprint density at radius 2 is 1.14 bits per heavy atom. The van der Waals surface area contributed by atoms with Crippen LogP contribution in [-0.2, 0) is 24.4 Å². The van der Waals surface area contributed by atoms with Gasteiger partial charge in [-0.25, -0.2) is 0 Å². The standard InChI is InChI=1S/C26H28N2O/c1-26(2)24(25(29)28(26)20-23-16-10-5-11-17-23)27(18-21-12-6-3-7-13-21)19-22-14-8-4-9-15-22/h3-17,24H,18-20H2,1-2H3. The lowest BCUT2D eigenvalue weighted by Crippen LogP contribution is -2.75. The van der Waals surface area contributed by atoms with E-state index < -0.39 is 0 Å². The number of carbonyl (C=O) groups is 1. The maximum atomic E-state index is 13.3. The molecule has 1 saturated heterocycles. The molecule has 3 aromatic rings. The van der Waals surface area contributed by atoms with Crippen LogP contribution in [0.4, 0.5) is 0 Å². The van der Waals surface area contributed by atoms with E-state index in [0.717, 1.165) is 13.1 Å². The van der Waals surface area contributed by atoms with Gasteiger partial charge in [-0.15, -0.1) is 0 Å². The molecule has 1 unspecified atom stereocenters. The molecule has 3 aromatic carbocycles. The van der Waals surface area contributed by atoms with E-state index in [4.69, 9.17) is 0 Å². The molecule has 4 rings (SSSR count). The minimum atomic E-state index is -0.226. The number of likely N-dealkylation sites (tertiary alicyclic amines) is 1. The molecule has 0 radical (unpaired) electrons. The second-order valence-electron chi connectivity index (χ2n) is 8.34. The normalized spacial score (nSPS) is 18.0. The number of rotatable bonds is 7. The van der Waals surface area contributed by atoms with Gasteiger partial charge in [0.05, 0.1) is 5.54 Å². The summed E-state index contributed by atoms with van der Waals surface area (Å²) in [4.78, 5) is 17.6. The first-order valence-electron chi connectivity index (χ1n) is 10.2. The Bertz CT molecular complexity index is 897. The molecule has 148 valence electrons. The molecule has 3 nitrogen and oxygen atoms in total. The molecule has 1 aliphatic rings. The van der Waals surface area contributed by atoms with Gasteiger partial charge >= 0.3 is 0 Å². The maximum Gasteiger partial charge on any atom is 0.243 e. The van der Waals surface area contributed by atoms with Crippen molar-refractivity contribution >= 4 is 5.91 Å².